The quantitative estimate of drug-likeness (QED) is 0.795. The topological polar surface area (TPSA) is 74.2 Å². The molecule has 2 heterocycles. The van der Waals surface area contributed by atoms with E-state index in [0.717, 1.165) is 21.1 Å². The predicted octanol–water partition coefficient (Wildman–Crippen LogP) is 2.33. The molecule has 3 atom stereocenters. The van der Waals surface area contributed by atoms with Crippen molar-refractivity contribution in [3.05, 3.63) is 40.4 Å². The van der Waals surface area contributed by atoms with Crippen molar-refractivity contribution >= 4 is 17.2 Å². The van der Waals surface area contributed by atoms with E-state index in [-0.39, 0.29) is 18.0 Å². The molecule has 3 rings (SSSR count). The van der Waals surface area contributed by atoms with Crippen LogP contribution in [0.15, 0.2) is 24.3 Å². The van der Waals surface area contributed by atoms with Crippen LogP contribution in [0.4, 0.5) is 0 Å². The molecular weight excluding hydrogens is 322 g/mol. The lowest BCUT2D eigenvalue weighted by atomic mass is 10.1. The number of amides is 1. The third-order valence-electron chi connectivity index (χ3n) is 4.31. The van der Waals surface area contributed by atoms with Gasteiger partial charge in [-0.15, -0.1) is 11.3 Å². The zero-order valence-electron chi connectivity index (χ0n) is 14.2. The first kappa shape index (κ1) is 17.1. The van der Waals surface area contributed by atoms with E-state index in [0.29, 0.717) is 13.0 Å². The highest BCUT2D eigenvalue weighted by molar-refractivity contribution is 7.15. The normalized spacial score (nSPS) is 21.7. The molecule has 0 radical (unpaired) electrons. The highest BCUT2D eigenvalue weighted by atomic mass is 32.1. The fourth-order valence-corrected chi connectivity index (χ4v) is 4.00. The maximum Gasteiger partial charge on any atom is 0.237 e. The van der Waals surface area contributed by atoms with Gasteiger partial charge in [0.15, 0.2) is 0 Å². The number of nitrogens with zero attached hydrogens (tertiary/aromatic N) is 1. The number of β-amino-alcohol motifs (C(OH)–C–C–N with tert-alkyl or cyclic N) is 1. The van der Waals surface area contributed by atoms with Gasteiger partial charge in [-0.1, -0.05) is 29.8 Å². The predicted molar refractivity (Wildman–Crippen MR) is 96.0 cm³/mol. The van der Waals surface area contributed by atoms with Crippen LogP contribution < -0.4 is 10.6 Å². The van der Waals surface area contributed by atoms with Gasteiger partial charge < -0.3 is 15.7 Å². The summed E-state index contributed by atoms with van der Waals surface area (Å²) in [7, 11) is 0. The van der Waals surface area contributed by atoms with Crippen LogP contribution in [0, 0.1) is 13.8 Å². The van der Waals surface area contributed by atoms with Crippen LogP contribution in [0.25, 0.3) is 10.6 Å². The van der Waals surface area contributed by atoms with Crippen molar-refractivity contribution in [3.63, 3.8) is 0 Å². The zero-order valence-corrected chi connectivity index (χ0v) is 15.0. The molecule has 0 spiro atoms. The maximum atomic E-state index is 12.3. The van der Waals surface area contributed by atoms with Crippen LogP contribution >= 0.6 is 11.3 Å². The van der Waals surface area contributed by atoms with Gasteiger partial charge in [0, 0.05) is 12.1 Å². The molecule has 6 heteroatoms. The summed E-state index contributed by atoms with van der Waals surface area (Å²) in [5.74, 6) is -0.0660. The summed E-state index contributed by atoms with van der Waals surface area (Å²) in [6.45, 7) is 6.49. The minimum Gasteiger partial charge on any atom is -0.392 e. The summed E-state index contributed by atoms with van der Waals surface area (Å²) in [6, 6.07) is 7.89. The second-order valence-electron chi connectivity index (χ2n) is 6.42. The van der Waals surface area contributed by atoms with E-state index >= 15 is 0 Å². The number of carbonyl (C=O) groups is 1. The Bertz CT molecular complexity index is 726. The van der Waals surface area contributed by atoms with E-state index in [4.69, 9.17) is 0 Å². The van der Waals surface area contributed by atoms with Gasteiger partial charge in [-0.3, -0.25) is 4.79 Å². The summed E-state index contributed by atoms with van der Waals surface area (Å²) in [6.07, 6.45) is 0.0313. The Labute approximate surface area is 146 Å². The maximum absolute atomic E-state index is 12.3. The average Bonchev–Trinajstić information content (AvgIpc) is 3.14. The number of hydrogen-bond acceptors (Lipinski definition) is 5. The number of thiazole rings is 1. The molecule has 0 saturated carbocycles. The second-order valence-corrected chi connectivity index (χ2v) is 7.45. The largest absolute Gasteiger partial charge is 0.392 e. The summed E-state index contributed by atoms with van der Waals surface area (Å²) >= 11 is 1.62. The van der Waals surface area contributed by atoms with Crippen molar-refractivity contribution in [2.75, 3.05) is 6.54 Å². The third kappa shape index (κ3) is 3.66. The molecule has 0 aliphatic carbocycles. The van der Waals surface area contributed by atoms with Crippen molar-refractivity contribution in [2.24, 2.45) is 0 Å². The van der Waals surface area contributed by atoms with Gasteiger partial charge in [-0.25, -0.2) is 4.98 Å². The van der Waals surface area contributed by atoms with Gasteiger partial charge in [0.2, 0.25) is 5.91 Å². The molecular formula is C18H23N3O2S. The number of hydrogen-bond donors (Lipinski definition) is 3. The third-order valence-corrected chi connectivity index (χ3v) is 5.70. The second kappa shape index (κ2) is 7.01. The van der Waals surface area contributed by atoms with Crippen molar-refractivity contribution < 1.29 is 9.90 Å². The Morgan fingerprint density at radius 1 is 1.38 bits per heavy atom. The number of aliphatic hydroxyl groups is 1. The molecule has 3 unspecified atom stereocenters. The van der Waals surface area contributed by atoms with Crippen LogP contribution in [0.1, 0.15) is 35.5 Å². The molecule has 1 aromatic carbocycles. The molecule has 0 bridgehead atoms. The van der Waals surface area contributed by atoms with Crippen LogP contribution in [0.3, 0.4) is 0 Å². The lowest BCUT2D eigenvalue weighted by Gasteiger charge is -2.16. The van der Waals surface area contributed by atoms with E-state index in [1.54, 1.807) is 11.3 Å². The Morgan fingerprint density at radius 3 is 2.71 bits per heavy atom. The van der Waals surface area contributed by atoms with Crippen LogP contribution in [0.5, 0.6) is 0 Å². The highest BCUT2D eigenvalue weighted by Crippen LogP contribution is 2.32. The van der Waals surface area contributed by atoms with Gasteiger partial charge in [-0.2, -0.15) is 0 Å². The van der Waals surface area contributed by atoms with E-state index in [9.17, 15) is 9.90 Å². The first-order chi connectivity index (χ1) is 11.4. The number of aryl methyl sites for hydroxylation is 2. The van der Waals surface area contributed by atoms with E-state index in [2.05, 4.69) is 46.8 Å². The Balaban J connectivity index is 1.72. The SMILES string of the molecule is Cc1ccc(-c2nc(C)c(C(C)NC(=O)C3CC(O)CN3)s2)cc1. The van der Waals surface area contributed by atoms with Crippen molar-refractivity contribution in [2.45, 2.75) is 45.4 Å². The molecule has 5 nitrogen and oxygen atoms in total. The smallest absolute Gasteiger partial charge is 0.237 e. The average molecular weight is 345 g/mol. The Kier molecular flexibility index (Phi) is 4.99. The molecule has 2 aromatic rings. The number of aliphatic hydroxyl groups excluding tert-OH is 1. The Hall–Kier alpha value is -1.76. The van der Waals surface area contributed by atoms with Crippen molar-refractivity contribution in [1.82, 2.24) is 15.6 Å². The van der Waals surface area contributed by atoms with Crippen LogP contribution in [-0.4, -0.2) is 34.7 Å². The highest BCUT2D eigenvalue weighted by Gasteiger charge is 2.29. The standard InChI is InChI=1S/C18H23N3O2S/c1-10-4-6-13(7-5-10)18-21-12(3)16(24-18)11(2)20-17(23)15-8-14(22)9-19-15/h4-7,11,14-15,19,22H,8-9H2,1-3H3,(H,20,23). The molecule has 1 aromatic heterocycles. The number of aromatic nitrogens is 1. The fraction of sp³-hybridized carbons (Fsp3) is 0.444. The van der Waals surface area contributed by atoms with Gasteiger partial charge in [0.25, 0.3) is 0 Å². The van der Waals surface area contributed by atoms with Crippen LogP contribution in [0.2, 0.25) is 0 Å². The van der Waals surface area contributed by atoms with Gasteiger partial charge in [0.1, 0.15) is 5.01 Å². The van der Waals surface area contributed by atoms with Crippen molar-refractivity contribution in [1.29, 1.82) is 0 Å². The summed E-state index contributed by atoms with van der Waals surface area (Å²) in [4.78, 5) is 18.0. The van der Waals surface area contributed by atoms with Gasteiger partial charge in [0.05, 0.1) is 28.8 Å². The van der Waals surface area contributed by atoms with Gasteiger partial charge >= 0.3 is 0 Å². The minimum absolute atomic E-state index is 0.0660. The van der Waals surface area contributed by atoms with Crippen LogP contribution in [-0.2, 0) is 4.79 Å². The molecule has 128 valence electrons. The summed E-state index contributed by atoms with van der Waals surface area (Å²) in [5.41, 5.74) is 3.26. The number of benzene rings is 1. The minimum atomic E-state index is -0.436. The van der Waals surface area contributed by atoms with E-state index < -0.39 is 6.10 Å². The molecule has 1 aliphatic heterocycles. The van der Waals surface area contributed by atoms with Gasteiger partial charge in [-0.05, 0) is 27.2 Å². The molecule has 3 N–H and O–H groups in total. The number of rotatable bonds is 4. The first-order valence-electron chi connectivity index (χ1n) is 8.20. The number of nitrogens with one attached hydrogen (secondary N) is 2. The van der Waals surface area contributed by atoms with Crippen molar-refractivity contribution in [3.8, 4) is 10.6 Å². The number of carbonyl (C=O) groups excluding carboxylic acids is 1. The molecule has 1 fully saturated rings. The molecule has 1 saturated heterocycles. The Morgan fingerprint density at radius 2 is 2.08 bits per heavy atom. The van der Waals surface area contributed by atoms with E-state index in [1.807, 2.05) is 13.8 Å². The first-order valence-corrected chi connectivity index (χ1v) is 9.02. The monoisotopic (exact) mass is 345 g/mol. The summed E-state index contributed by atoms with van der Waals surface area (Å²) < 4.78 is 0. The lowest BCUT2D eigenvalue weighted by Crippen LogP contribution is -2.41. The fourth-order valence-electron chi connectivity index (χ4n) is 2.93. The zero-order chi connectivity index (χ0) is 17.3. The molecule has 1 amide bonds. The van der Waals surface area contributed by atoms with E-state index in [1.165, 1.54) is 5.56 Å². The lowest BCUT2D eigenvalue weighted by molar-refractivity contribution is -0.123. The molecule has 1 aliphatic rings. The summed E-state index contributed by atoms with van der Waals surface area (Å²) in [5, 5.41) is 16.6. The molecule has 24 heavy (non-hydrogen) atoms.